The first-order valence-electron chi connectivity index (χ1n) is 6.59. The van der Waals surface area contributed by atoms with E-state index in [9.17, 15) is 13.2 Å². The van der Waals surface area contributed by atoms with Crippen LogP contribution in [-0.2, 0) is 6.18 Å². The van der Waals surface area contributed by atoms with Gasteiger partial charge < -0.3 is 5.73 Å². The molecule has 0 aliphatic heterocycles. The van der Waals surface area contributed by atoms with Crippen LogP contribution >= 0.6 is 11.6 Å². The number of amidine groups is 1. The molecule has 0 saturated heterocycles. The largest absolute Gasteiger partial charge is 0.418 e. The lowest BCUT2D eigenvalue weighted by molar-refractivity contribution is -0.137. The van der Waals surface area contributed by atoms with Crippen LogP contribution in [0.25, 0.3) is 0 Å². The minimum absolute atomic E-state index is 0.0347. The Kier molecular flexibility index (Phi) is 4.58. The molecular formula is C14H16ClF3N2. The van der Waals surface area contributed by atoms with Crippen molar-refractivity contribution in [2.75, 3.05) is 0 Å². The summed E-state index contributed by atoms with van der Waals surface area (Å²) in [6, 6.07) is 3.54. The SMILES string of the molecule is NC(=Nc1ccc(Cl)cc1C(F)(F)F)C1CCCCC1. The smallest absolute Gasteiger partial charge is 0.387 e. The quantitative estimate of drug-likeness (QED) is 0.610. The van der Waals surface area contributed by atoms with Gasteiger partial charge in [-0.2, -0.15) is 13.2 Å². The Morgan fingerprint density at radius 3 is 2.45 bits per heavy atom. The van der Waals surface area contributed by atoms with Gasteiger partial charge in [-0.3, -0.25) is 0 Å². The minimum Gasteiger partial charge on any atom is -0.387 e. The van der Waals surface area contributed by atoms with Crippen LogP contribution in [0, 0.1) is 5.92 Å². The lowest BCUT2D eigenvalue weighted by Gasteiger charge is -2.21. The molecule has 1 aliphatic rings. The first-order valence-corrected chi connectivity index (χ1v) is 6.96. The zero-order valence-electron chi connectivity index (χ0n) is 10.9. The van der Waals surface area contributed by atoms with Gasteiger partial charge in [-0.1, -0.05) is 30.9 Å². The fourth-order valence-corrected chi connectivity index (χ4v) is 2.63. The maximum absolute atomic E-state index is 13.0. The van der Waals surface area contributed by atoms with E-state index < -0.39 is 11.7 Å². The van der Waals surface area contributed by atoms with E-state index in [2.05, 4.69) is 4.99 Å². The number of aliphatic imine (C=N–C) groups is 1. The molecule has 1 aromatic rings. The first-order chi connectivity index (χ1) is 9.38. The number of nitrogens with two attached hydrogens (primary N) is 1. The first kappa shape index (κ1) is 15.2. The molecule has 0 heterocycles. The molecule has 1 aliphatic carbocycles. The highest BCUT2D eigenvalue weighted by Gasteiger charge is 2.34. The van der Waals surface area contributed by atoms with Crippen LogP contribution < -0.4 is 5.73 Å². The van der Waals surface area contributed by atoms with Crippen molar-refractivity contribution in [1.29, 1.82) is 0 Å². The maximum Gasteiger partial charge on any atom is 0.418 e. The summed E-state index contributed by atoms with van der Waals surface area (Å²) in [4.78, 5) is 4.01. The van der Waals surface area contributed by atoms with Crippen LogP contribution in [0.15, 0.2) is 23.2 Å². The average molecular weight is 305 g/mol. The van der Waals surface area contributed by atoms with Crippen LogP contribution in [0.4, 0.5) is 18.9 Å². The predicted molar refractivity (Wildman–Crippen MR) is 74.3 cm³/mol. The Bertz CT molecular complexity index is 506. The summed E-state index contributed by atoms with van der Waals surface area (Å²) < 4.78 is 38.9. The van der Waals surface area contributed by atoms with Gasteiger partial charge in [0.15, 0.2) is 0 Å². The molecule has 1 fully saturated rings. The van der Waals surface area contributed by atoms with Crippen LogP contribution in [0.2, 0.25) is 5.02 Å². The van der Waals surface area contributed by atoms with E-state index in [4.69, 9.17) is 17.3 Å². The van der Waals surface area contributed by atoms with Gasteiger partial charge in [0.25, 0.3) is 0 Å². The average Bonchev–Trinajstić information content (AvgIpc) is 2.40. The summed E-state index contributed by atoms with van der Waals surface area (Å²) in [6.07, 6.45) is 0.547. The zero-order valence-corrected chi connectivity index (χ0v) is 11.6. The Morgan fingerprint density at radius 1 is 1.20 bits per heavy atom. The normalized spacial score (nSPS) is 18.3. The van der Waals surface area contributed by atoms with Crippen molar-refractivity contribution in [2.45, 2.75) is 38.3 Å². The third-order valence-electron chi connectivity index (χ3n) is 3.54. The molecule has 6 heteroatoms. The number of alkyl halides is 3. The van der Waals surface area contributed by atoms with Crippen LogP contribution in [0.5, 0.6) is 0 Å². The molecule has 0 aromatic heterocycles. The number of halogens is 4. The van der Waals surface area contributed by atoms with E-state index >= 15 is 0 Å². The maximum atomic E-state index is 13.0. The Balaban J connectivity index is 2.32. The highest BCUT2D eigenvalue weighted by molar-refractivity contribution is 6.30. The van der Waals surface area contributed by atoms with Crippen LogP contribution in [-0.4, -0.2) is 5.84 Å². The van der Waals surface area contributed by atoms with Crippen LogP contribution in [0.1, 0.15) is 37.7 Å². The molecule has 110 valence electrons. The summed E-state index contributed by atoms with van der Waals surface area (Å²) in [5.41, 5.74) is 4.87. The summed E-state index contributed by atoms with van der Waals surface area (Å²) in [6.45, 7) is 0. The highest BCUT2D eigenvalue weighted by atomic mass is 35.5. The topological polar surface area (TPSA) is 38.4 Å². The van der Waals surface area contributed by atoms with Crippen molar-refractivity contribution < 1.29 is 13.2 Å². The molecule has 0 unspecified atom stereocenters. The monoisotopic (exact) mass is 304 g/mol. The number of nitrogens with zero attached hydrogens (tertiary/aromatic N) is 1. The fraction of sp³-hybridized carbons (Fsp3) is 0.500. The molecule has 0 spiro atoms. The molecule has 1 aromatic carbocycles. The second-order valence-electron chi connectivity index (χ2n) is 5.03. The molecule has 0 radical (unpaired) electrons. The van der Waals surface area contributed by atoms with Gasteiger partial charge in [-0.25, -0.2) is 4.99 Å². The minimum atomic E-state index is -4.49. The van der Waals surface area contributed by atoms with Gasteiger partial charge in [-0.05, 0) is 31.0 Å². The van der Waals surface area contributed by atoms with Crippen molar-refractivity contribution in [3.8, 4) is 0 Å². The molecule has 0 amide bonds. The standard InChI is InChI=1S/C14H16ClF3N2/c15-10-6-7-12(11(8-10)14(16,17)18)20-13(19)9-4-2-1-3-5-9/h6-9H,1-5H2,(H2,19,20). The number of hydrogen-bond donors (Lipinski definition) is 1. The van der Waals surface area contributed by atoms with Crippen LogP contribution in [0.3, 0.4) is 0 Å². The summed E-state index contributed by atoms with van der Waals surface area (Å²) in [5.74, 6) is 0.373. The summed E-state index contributed by atoms with van der Waals surface area (Å²) in [7, 11) is 0. The number of hydrogen-bond acceptors (Lipinski definition) is 1. The third kappa shape index (κ3) is 3.66. The van der Waals surface area contributed by atoms with Gasteiger partial charge in [0.05, 0.1) is 11.3 Å². The third-order valence-corrected chi connectivity index (χ3v) is 3.77. The Morgan fingerprint density at radius 2 is 1.85 bits per heavy atom. The fourth-order valence-electron chi connectivity index (χ4n) is 2.46. The van der Waals surface area contributed by atoms with E-state index in [0.717, 1.165) is 38.2 Å². The van der Waals surface area contributed by atoms with Crippen molar-refractivity contribution >= 4 is 23.1 Å². The van der Waals surface area contributed by atoms with E-state index in [0.29, 0.717) is 0 Å². The molecule has 20 heavy (non-hydrogen) atoms. The highest BCUT2D eigenvalue weighted by Crippen LogP contribution is 2.38. The van der Waals surface area contributed by atoms with Crippen molar-refractivity contribution in [1.82, 2.24) is 0 Å². The summed E-state index contributed by atoms with van der Waals surface area (Å²) in [5, 5.41) is 0.0347. The van der Waals surface area contributed by atoms with Gasteiger partial charge in [0.1, 0.15) is 5.84 Å². The van der Waals surface area contributed by atoms with Crippen molar-refractivity contribution in [2.24, 2.45) is 16.6 Å². The van der Waals surface area contributed by atoms with Gasteiger partial charge in [0, 0.05) is 10.9 Å². The van der Waals surface area contributed by atoms with E-state index in [-0.39, 0.29) is 22.5 Å². The van der Waals surface area contributed by atoms with E-state index in [1.54, 1.807) is 0 Å². The molecular weight excluding hydrogens is 289 g/mol. The molecule has 2 rings (SSSR count). The van der Waals surface area contributed by atoms with Gasteiger partial charge in [-0.15, -0.1) is 0 Å². The van der Waals surface area contributed by atoms with Gasteiger partial charge >= 0.3 is 6.18 Å². The second kappa shape index (κ2) is 6.04. The zero-order chi connectivity index (χ0) is 14.8. The van der Waals surface area contributed by atoms with Crippen molar-refractivity contribution in [3.63, 3.8) is 0 Å². The van der Waals surface area contributed by atoms with E-state index in [1.807, 2.05) is 0 Å². The Hall–Kier alpha value is -1.23. The summed E-state index contributed by atoms with van der Waals surface area (Å²) >= 11 is 5.63. The lowest BCUT2D eigenvalue weighted by atomic mass is 9.88. The Labute approximate surface area is 120 Å². The number of benzene rings is 1. The van der Waals surface area contributed by atoms with E-state index in [1.165, 1.54) is 12.1 Å². The van der Waals surface area contributed by atoms with Gasteiger partial charge in [0.2, 0.25) is 0 Å². The molecule has 2 nitrogen and oxygen atoms in total. The molecule has 0 atom stereocenters. The predicted octanol–water partition coefficient (Wildman–Crippen LogP) is 4.93. The second-order valence-corrected chi connectivity index (χ2v) is 5.47. The lowest BCUT2D eigenvalue weighted by Crippen LogP contribution is -2.25. The molecule has 1 saturated carbocycles. The molecule has 2 N–H and O–H groups in total. The molecule has 0 bridgehead atoms. The van der Waals surface area contributed by atoms with Crippen molar-refractivity contribution in [3.05, 3.63) is 28.8 Å². The number of rotatable bonds is 2.